The fourth-order valence-electron chi connectivity index (χ4n) is 3.26. The highest BCUT2D eigenvalue weighted by atomic mass is 35.5. The van der Waals surface area contributed by atoms with Gasteiger partial charge in [-0.3, -0.25) is 0 Å². The van der Waals surface area contributed by atoms with E-state index in [4.69, 9.17) is 0 Å². The van der Waals surface area contributed by atoms with Crippen LogP contribution in [-0.2, 0) is 10.5 Å². The lowest BCUT2D eigenvalue weighted by atomic mass is 9.84. The minimum Gasteiger partial charge on any atom is -0.309 e. The molecule has 0 saturated heterocycles. The van der Waals surface area contributed by atoms with Crippen LogP contribution in [0.4, 0.5) is 0 Å². The molecule has 1 unspecified atom stereocenters. The van der Waals surface area contributed by atoms with Crippen molar-refractivity contribution in [3.63, 3.8) is 0 Å². The predicted octanol–water partition coefficient (Wildman–Crippen LogP) is 4.94. The van der Waals surface area contributed by atoms with Crippen LogP contribution in [0.25, 0.3) is 0 Å². The van der Waals surface area contributed by atoms with Crippen LogP contribution in [-0.4, -0.2) is 25.5 Å². The Morgan fingerprint density at radius 1 is 1.00 bits per heavy atom. The van der Waals surface area contributed by atoms with E-state index >= 15 is 0 Å². The fourth-order valence-corrected chi connectivity index (χ4v) is 4.86. The van der Waals surface area contributed by atoms with Crippen molar-refractivity contribution in [1.29, 1.82) is 0 Å². The van der Waals surface area contributed by atoms with Gasteiger partial charge < -0.3 is 4.90 Å². The van der Waals surface area contributed by atoms with E-state index in [1.165, 1.54) is 29.5 Å². The Kier molecular flexibility index (Phi) is 5.96. The maximum Gasteiger partial charge on any atom is 0.0663 e. The Morgan fingerprint density at radius 3 is 2.41 bits per heavy atom. The van der Waals surface area contributed by atoms with Crippen molar-refractivity contribution in [2.24, 2.45) is 0 Å². The molecule has 2 aromatic rings. The fraction of sp³-hybridized carbons (Fsp3) is 0.368. The van der Waals surface area contributed by atoms with Gasteiger partial charge in [-0.25, -0.2) is 0 Å². The lowest BCUT2D eigenvalue weighted by Crippen LogP contribution is -2.23. The van der Waals surface area contributed by atoms with E-state index in [-0.39, 0.29) is 17.2 Å². The van der Waals surface area contributed by atoms with Gasteiger partial charge >= 0.3 is 0 Å². The van der Waals surface area contributed by atoms with Gasteiger partial charge in [-0.05, 0) is 50.2 Å². The normalized spacial score (nSPS) is 19.8. The average molecular weight is 334 g/mol. The zero-order valence-corrected chi connectivity index (χ0v) is 14.9. The number of fused-ring (bicyclic) bond motifs is 1. The van der Waals surface area contributed by atoms with Crippen LogP contribution in [0.15, 0.2) is 54.6 Å². The second kappa shape index (κ2) is 7.54. The van der Waals surface area contributed by atoms with E-state index in [9.17, 15) is 0 Å². The smallest absolute Gasteiger partial charge is 0.0663 e. The monoisotopic (exact) mass is 333 g/mol. The highest BCUT2D eigenvalue weighted by molar-refractivity contribution is 8.00. The van der Waals surface area contributed by atoms with Gasteiger partial charge in [0.2, 0.25) is 0 Å². The van der Waals surface area contributed by atoms with Crippen LogP contribution in [0.1, 0.15) is 29.5 Å². The van der Waals surface area contributed by atoms with Gasteiger partial charge in [0.15, 0.2) is 0 Å². The highest BCUT2D eigenvalue weighted by Crippen LogP contribution is 2.54. The number of hydrogen-bond acceptors (Lipinski definition) is 2. The molecule has 22 heavy (non-hydrogen) atoms. The molecule has 0 N–H and O–H groups in total. The van der Waals surface area contributed by atoms with E-state index in [1.807, 2.05) is 0 Å². The molecule has 1 aliphatic rings. The first-order chi connectivity index (χ1) is 10.2. The second-order valence-corrected chi connectivity index (χ2v) is 7.32. The predicted molar refractivity (Wildman–Crippen MR) is 100.0 cm³/mol. The molecule has 1 heterocycles. The number of hydrogen-bond donors (Lipinski definition) is 0. The summed E-state index contributed by atoms with van der Waals surface area (Å²) in [6, 6.07) is 20.0. The number of benzene rings is 2. The summed E-state index contributed by atoms with van der Waals surface area (Å²) in [5.41, 5.74) is 4.50. The third kappa shape index (κ3) is 3.34. The highest BCUT2D eigenvalue weighted by Gasteiger charge is 2.40. The number of rotatable bonds is 5. The third-order valence-electron chi connectivity index (χ3n) is 4.30. The lowest BCUT2D eigenvalue weighted by molar-refractivity contribution is 0.386. The first kappa shape index (κ1) is 17.4. The Hall–Kier alpha value is -0.960. The summed E-state index contributed by atoms with van der Waals surface area (Å²) in [5, 5.41) is 0. The van der Waals surface area contributed by atoms with Crippen LogP contribution in [0.5, 0.6) is 0 Å². The van der Waals surface area contributed by atoms with E-state index in [0.717, 1.165) is 12.3 Å². The van der Waals surface area contributed by atoms with Crippen molar-refractivity contribution in [1.82, 2.24) is 4.90 Å². The SMILES string of the molecule is CN(C)CCCC1(c2ccccc2)SCc2ccccc21.Cl. The first-order valence-corrected chi connectivity index (χ1v) is 8.63. The van der Waals surface area contributed by atoms with Gasteiger partial charge in [-0.15, -0.1) is 24.2 Å². The zero-order valence-electron chi connectivity index (χ0n) is 13.3. The Balaban J connectivity index is 0.00000176. The molecule has 1 atom stereocenters. The molecule has 0 aromatic heterocycles. The van der Waals surface area contributed by atoms with E-state index in [2.05, 4.69) is 85.4 Å². The number of thioether (sulfide) groups is 1. The summed E-state index contributed by atoms with van der Waals surface area (Å²) in [4.78, 5) is 2.28. The summed E-state index contributed by atoms with van der Waals surface area (Å²) in [6.45, 7) is 1.15. The molecule has 0 fully saturated rings. The minimum atomic E-state index is 0. The Labute approximate surface area is 144 Å². The van der Waals surface area contributed by atoms with Crippen molar-refractivity contribution in [2.75, 3.05) is 20.6 Å². The van der Waals surface area contributed by atoms with Crippen LogP contribution in [0.3, 0.4) is 0 Å². The summed E-state index contributed by atoms with van der Waals surface area (Å²) < 4.78 is 0.147. The van der Waals surface area contributed by atoms with Gasteiger partial charge in [0.05, 0.1) is 4.75 Å². The number of nitrogens with zero attached hydrogens (tertiary/aromatic N) is 1. The van der Waals surface area contributed by atoms with Crippen LogP contribution in [0.2, 0.25) is 0 Å². The van der Waals surface area contributed by atoms with Gasteiger partial charge in [-0.1, -0.05) is 54.6 Å². The zero-order chi connectivity index (χ0) is 14.7. The lowest BCUT2D eigenvalue weighted by Gasteiger charge is -2.31. The van der Waals surface area contributed by atoms with Crippen molar-refractivity contribution in [2.45, 2.75) is 23.3 Å². The quantitative estimate of drug-likeness (QED) is 0.762. The van der Waals surface area contributed by atoms with E-state index < -0.39 is 0 Å². The Bertz CT molecular complexity index is 599. The van der Waals surface area contributed by atoms with Gasteiger partial charge in [-0.2, -0.15) is 0 Å². The minimum absolute atomic E-state index is 0. The number of halogens is 1. The molecule has 1 nitrogen and oxygen atoms in total. The molecular formula is C19H24ClNS. The van der Waals surface area contributed by atoms with Crippen LogP contribution < -0.4 is 0 Å². The van der Waals surface area contributed by atoms with Crippen LogP contribution >= 0.6 is 24.2 Å². The largest absolute Gasteiger partial charge is 0.309 e. The topological polar surface area (TPSA) is 3.24 Å². The molecule has 0 radical (unpaired) electrons. The molecule has 0 bridgehead atoms. The molecule has 3 heteroatoms. The van der Waals surface area contributed by atoms with Gasteiger partial charge in [0.25, 0.3) is 0 Å². The molecule has 0 saturated carbocycles. The molecule has 2 aromatic carbocycles. The third-order valence-corrected chi connectivity index (χ3v) is 5.91. The standard InChI is InChI=1S/C19H23NS.ClH/c1-20(2)14-8-13-19(17-10-4-3-5-11-17)18-12-7-6-9-16(18)15-21-19;/h3-7,9-12H,8,13-15H2,1-2H3;1H. The summed E-state index contributed by atoms with van der Waals surface area (Å²) in [7, 11) is 4.32. The van der Waals surface area contributed by atoms with Gasteiger partial charge in [0.1, 0.15) is 0 Å². The van der Waals surface area contributed by atoms with Crippen molar-refractivity contribution in [3.8, 4) is 0 Å². The molecule has 3 rings (SSSR count). The average Bonchev–Trinajstić information content (AvgIpc) is 2.88. The molecule has 0 aliphatic carbocycles. The van der Waals surface area contributed by atoms with E-state index in [1.54, 1.807) is 0 Å². The summed E-state index contributed by atoms with van der Waals surface area (Å²) in [5.74, 6) is 1.13. The molecule has 118 valence electrons. The molecule has 1 aliphatic heterocycles. The summed E-state index contributed by atoms with van der Waals surface area (Å²) in [6.07, 6.45) is 2.43. The summed E-state index contributed by atoms with van der Waals surface area (Å²) >= 11 is 2.10. The maximum atomic E-state index is 2.33. The Morgan fingerprint density at radius 2 is 1.68 bits per heavy atom. The second-order valence-electron chi connectivity index (χ2n) is 6.05. The first-order valence-electron chi connectivity index (χ1n) is 7.65. The maximum absolute atomic E-state index is 2.33. The van der Waals surface area contributed by atoms with Crippen molar-refractivity contribution < 1.29 is 0 Å². The van der Waals surface area contributed by atoms with Crippen LogP contribution in [0, 0.1) is 0 Å². The molecular weight excluding hydrogens is 310 g/mol. The van der Waals surface area contributed by atoms with Crippen molar-refractivity contribution in [3.05, 3.63) is 71.3 Å². The van der Waals surface area contributed by atoms with Gasteiger partial charge in [0, 0.05) is 5.75 Å². The molecule has 0 amide bonds. The van der Waals surface area contributed by atoms with E-state index in [0.29, 0.717) is 0 Å². The van der Waals surface area contributed by atoms with Crippen molar-refractivity contribution >= 4 is 24.2 Å². The molecule has 0 spiro atoms.